The maximum atomic E-state index is 13.2. The predicted octanol–water partition coefficient (Wildman–Crippen LogP) is 3.45. The molecule has 1 aromatic carbocycles. The summed E-state index contributed by atoms with van der Waals surface area (Å²) < 4.78 is 18.9. The lowest BCUT2D eigenvalue weighted by molar-refractivity contribution is -0.124. The molecule has 0 aromatic heterocycles. The van der Waals surface area contributed by atoms with E-state index in [1.165, 1.54) is 12.1 Å². The van der Waals surface area contributed by atoms with Crippen LogP contribution in [0, 0.1) is 5.82 Å². The van der Waals surface area contributed by atoms with E-state index in [9.17, 15) is 9.18 Å². The largest absolute Gasteiger partial charge is 0.493 e. The summed E-state index contributed by atoms with van der Waals surface area (Å²) in [5, 5.41) is 0. The zero-order valence-corrected chi connectivity index (χ0v) is 10.0. The number of unbranched alkanes of at least 4 members (excludes halogenated alkanes) is 1. The van der Waals surface area contributed by atoms with Gasteiger partial charge in [-0.1, -0.05) is 13.3 Å². The second-order valence-electron chi connectivity index (χ2n) is 4.53. The van der Waals surface area contributed by atoms with Crippen LogP contribution in [0.5, 0.6) is 5.75 Å². The van der Waals surface area contributed by atoms with Crippen LogP contribution in [0.3, 0.4) is 0 Å². The molecule has 17 heavy (non-hydrogen) atoms. The summed E-state index contributed by atoms with van der Waals surface area (Å²) in [6.07, 6.45) is 3.10. The van der Waals surface area contributed by atoms with Crippen LogP contribution in [0.2, 0.25) is 0 Å². The topological polar surface area (TPSA) is 26.3 Å². The molecule has 1 aromatic rings. The number of ketones is 1. The summed E-state index contributed by atoms with van der Waals surface area (Å²) >= 11 is 0. The van der Waals surface area contributed by atoms with Crippen molar-refractivity contribution in [3.63, 3.8) is 0 Å². The van der Waals surface area contributed by atoms with Gasteiger partial charge in [0.15, 0.2) is 0 Å². The molecule has 1 aliphatic rings. The van der Waals surface area contributed by atoms with Crippen LogP contribution in [-0.4, -0.2) is 12.4 Å². The monoisotopic (exact) mass is 236 g/mol. The fourth-order valence-corrected chi connectivity index (χ4v) is 2.01. The van der Waals surface area contributed by atoms with Gasteiger partial charge in [-0.3, -0.25) is 4.79 Å². The highest BCUT2D eigenvalue weighted by molar-refractivity contribution is 5.86. The van der Waals surface area contributed by atoms with Gasteiger partial charge in [0, 0.05) is 24.3 Å². The van der Waals surface area contributed by atoms with Crippen molar-refractivity contribution in [2.45, 2.75) is 38.5 Å². The summed E-state index contributed by atoms with van der Waals surface area (Å²) in [6.45, 7) is 2.75. The molecule has 0 bridgehead atoms. The van der Waals surface area contributed by atoms with E-state index in [-0.39, 0.29) is 17.5 Å². The van der Waals surface area contributed by atoms with Gasteiger partial charge in [0.05, 0.1) is 6.61 Å². The van der Waals surface area contributed by atoms with Crippen LogP contribution in [0.25, 0.3) is 0 Å². The Balaban J connectivity index is 2.10. The first-order valence-electron chi connectivity index (χ1n) is 6.14. The minimum atomic E-state index is -0.262. The number of hydrogen-bond donors (Lipinski definition) is 0. The van der Waals surface area contributed by atoms with E-state index in [4.69, 9.17) is 4.74 Å². The molecule has 1 aliphatic carbocycles. The van der Waals surface area contributed by atoms with Gasteiger partial charge in [0.2, 0.25) is 0 Å². The molecule has 0 spiro atoms. The normalized spacial score (nSPS) is 15.8. The van der Waals surface area contributed by atoms with Crippen molar-refractivity contribution in [3.05, 3.63) is 29.6 Å². The quantitative estimate of drug-likeness (QED) is 0.732. The third-order valence-corrected chi connectivity index (χ3v) is 3.12. The molecule has 2 rings (SSSR count). The number of hydrogen-bond acceptors (Lipinski definition) is 2. The van der Waals surface area contributed by atoms with Gasteiger partial charge in [-0.25, -0.2) is 4.39 Å². The van der Waals surface area contributed by atoms with Crippen molar-refractivity contribution in [2.24, 2.45) is 0 Å². The number of rotatable bonds is 5. The molecule has 0 radical (unpaired) electrons. The predicted molar refractivity (Wildman–Crippen MR) is 63.8 cm³/mol. The molecule has 0 N–H and O–H groups in total. The Kier molecular flexibility index (Phi) is 3.77. The average Bonchev–Trinajstić information content (AvgIpc) is 2.27. The number of benzene rings is 1. The Hall–Kier alpha value is -1.38. The van der Waals surface area contributed by atoms with E-state index in [0.717, 1.165) is 24.2 Å². The second kappa shape index (κ2) is 5.30. The van der Waals surface area contributed by atoms with E-state index in [1.807, 2.05) is 0 Å². The molecule has 0 saturated heterocycles. The number of Topliss-reactive ketones (excluding diaryl/α,β-unsaturated/α-hetero) is 1. The summed E-state index contributed by atoms with van der Waals surface area (Å²) in [5.74, 6) is 0.869. The van der Waals surface area contributed by atoms with E-state index < -0.39 is 0 Å². The Morgan fingerprint density at radius 3 is 2.82 bits per heavy atom. The zero-order chi connectivity index (χ0) is 12.3. The van der Waals surface area contributed by atoms with E-state index in [0.29, 0.717) is 19.4 Å². The zero-order valence-electron chi connectivity index (χ0n) is 10.0. The molecule has 2 nitrogen and oxygen atoms in total. The van der Waals surface area contributed by atoms with Crippen molar-refractivity contribution in [1.82, 2.24) is 0 Å². The number of ether oxygens (including phenoxy) is 1. The minimum Gasteiger partial charge on any atom is -0.493 e. The first-order valence-corrected chi connectivity index (χ1v) is 6.14. The van der Waals surface area contributed by atoms with E-state index >= 15 is 0 Å². The minimum absolute atomic E-state index is 0.148. The van der Waals surface area contributed by atoms with Crippen molar-refractivity contribution >= 4 is 5.78 Å². The smallest absolute Gasteiger partial charge is 0.134 e. The SMILES string of the molecule is CCCCOc1ccc(F)cc1C1CC(=O)C1. The molecule has 0 atom stereocenters. The number of carbonyl (C=O) groups is 1. The summed E-state index contributed by atoms with van der Waals surface area (Å²) in [5.41, 5.74) is 0.848. The van der Waals surface area contributed by atoms with Crippen LogP contribution >= 0.6 is 0 Å². The summed E-state index contributed by atoms with van der Waals surface area (Å²) in [6, 6.07) is 4.58. The highest BCUT2D eigenvalue weighted by atomic mass is 19.1. The summed E-state index contributed by atoms with van der Waals surface area (Å²) in [7, 11) is 0. The van der Waals surface area contributed by atoms with Crippen molar-refractivity contribution in [3.8, 4) is 5.75 Å². The third-order valence-electron chi connectivity index (χ3n) is 3.12. The maximum absolute atomic E-state index is 13.2. The lowest BCUT2D eigenvalue weighted by atomic mass is 9.78. The Labute approximate surface area is 101 Å². The molecule has 3 heteroatoms. The molecule has 1 fully saturated rings. The highest BCUT2D eigenvalue weighted by Gasteiger charge is 2.30. The molecular formula is C14H17FO2. The van der Waals surface area contributed by atoms with Crippen molar-refractivity contribution in [2.75, 3.05) is 6.61 Å². The first kappa shape index (κ1) is 12.1. The lowest BCUT2D eigenvalue weighted by Crippen LogP contribution is -2.22. The average molecular weight is 236 g/mol. The Bertz CT molecular complexity index is 407. The van der Waals surface area contributed by atoms with Gasteiger partial charge in [-0.15, -0.1) is 0 Å². The van der Waals surface area contributed by atoms with Crippen LogP contribution in [0.4, 0.5) is 4.39 Å². The van der Waals surface area contributed by atoms with Gasteiger partial charge in [-0.05, 0) is 24.6 Å². The fourth-order valence-electron chi connectivity index (χ4n) is 2.01. The third kappa shape index (κ3) is 2.84. The molecule has 0 amide bonds. The van der Waals surface area contributed by atoms with Gasteiger partial charge in [0.25, 0.3) is 0 Å². The summed E-state index contributed by atoms with van der Waals surface area (Å²) in [4.78, 5) is 11.0. The molecule has 0 heterocycles. The second-order valence-corrected chi connectivity index (χ2v) is 4.53. The Morgan fingerprint density at radius 2 is 2.18 bits per heavy atom. The standard InChI is InChI=1S/C14H17FO2/c1-2-3-6-17-14-5-4-11(15)9-13(14)10-7-12(16)8-10/h4-5,9-10H,2-3,6-8H2,1H3. The Morgan fingerprint density at radius 1 is 1.41 bits per heavy atom. The van der Waals surface area contributed by atoms with Crippen LogP contribution in [0.1, 0.15) is 44.1 Å². The van der Waals surface area contributed by atoms with Gasteiger partial charge in [-0.2, -0.15) is 0 Å². The van der Waals surface area contributed by atoms with E-state index in [1.54, 1.807) is 6.07 Å². The van der Waals surface area contributed by atoms with Crippen molar-refractivity contribution in [1.29, 1.82) is 0 Å². The van der Waals surface area contributed by atoms with Gasteiger partial charge < -0.3 is 4.74 Å². The van der Waals surface area contributed by atoms with E-state index in [2.05, 4.69) is 6.92 Å². The molecule has 0 unspecified atom stereocenters. The lowest BCUT2D eigenvalue weighted by Gasteiger charge is -2.26. The van der Waals surface area contributed by atoms with Crippen LogP contribution < -0.4 is 4.74 Å². The molecular weight excluding hydrogens is 219 g/mol. The molecule has 0 aliphatic heterocycles. The van der Waals surface area contributed by atoms with Crippen molar-refractivity contribution < 1.29 is 13.9 Å². The molecule has 1 saturated carbocycles. The van der Waals surface area contributed by atoms with Crippen LogP contribution in [-0.2, 0) is 4.79 Å². The van der Waals surface area contributed by atoms with Gasteiger partial charge >= 0.3 is 0 Å². The fraction of sp³-hybridized carbons (Fsp3) is 0.500. The number of halogens is 1. The molecule has 92 valence electrons. The number of carbonyl (C=O) groups excluding carboxylic acids is 1. The highest BCUT2D eigenvalue weighted by Crippen LogP contribution is 2.39. The maximum Gasteiger partial charge on any atom is 0.134 e. The van der Waals surface area contributed by atoms with Crippen LogP contribution in [0.15, 0.2) is 18.2 Å². The van der Waals surface area contributed by atoms with Gasteiger partial charge in [0.1, 0.15) is 17.3 Å². The first-order chi connectivity index (χ1) is 8.20.